The lowest BCUT2D eigenvalue weighted by Crippen LogP contribution is -2.48. The summed E-state index contributed by atoms with van der Waals surface area (Å²) in [5.41, 5.74) is 1.32. The third kappa shape index (κ3) is 2.85. The van der Waals surface area contributed by atoms with Crippen LogP contribution in [0.2, 0.25) is 0 Å². The molecule has 1 aliphatic rings. The molecule has 0 spiro atoms. The van der Waals surface area contributed by atoms with Crippen molar-refractivity contribution in [3.05, 3.63) is 40.9 Å². The number of aromatic hydroxyl groups is 1. The fraction of sp³-hybridized carbons (Fsp3) is 0.333. The molecule has 3 rings (SSSR count). The molecule has 5 nitrogen and oxygen atoms in total. The Labute approximate surface area is 127 Å². The van der Waals surface area contributed by atoms with Crippen molar-refractivity contribution in [3.8, 4) is 5.75 Å². The van der Waals surface area contributed by atoms with Crippen LogP contribution in [-0.4, -0.2) is 47.1 Å². The molecule has 2 aromatic rings. The highest BCUT2D eigenvalue weighted by Gasteiger charge is 2.24. The van der Waals surface area contributed by atoms with Gasteiger partial charge in [-0.2, -0.15) is 0 Å². The number of aromatic nitrogens is 1. The van der Waals surface area contributed by atoms with Gasteiger partial charge < -0.3 is 14.9 Å². The maximum atomic E-state index is 12.5. The number of nitrogens with zero attached hydrogens (tertiary/aromatic N) is 3. The number of hydrogen-bond acceptors (Lipinski definition) is 5. The van der Waals surface area contributed by atoms with E-state index in [0.29, 0.717) is 18.7 Å². The SMILES string of the molecule is Cc1ccc(C(=O)N2CCN(c3nccs3)CC2)c(O)c1. The minimum absolute atomic E-state index is 0.0577. The van der Waals surface area contributed by atoms with Crippen LogP contribution in [0.4, 0.5) is 5.13 Å². The van der Waals surface area contributed by atoms with Crippen LogP contribution in [0.3, 0.4) is 0 Å². The molecule has 0 atom stereocenters. The van der Waals surface area contributed by atoms with E-state index < -0.39 is 0 Å². The van der Waals surface area contributed by atoms with Crippen LogP contribution in [-0.2, 0) is 0 Å². The normalized spacial score (nSPS) is 15.3. The summed E-state index contributed by atoms with van der Waals surface area (Å²) in [6, 6.07) is 5.16. The summed E-state index contributed by atoms with van der Waals surface area (Å²) in [5.74, 6) is -0.0476. The maximum absolute atomic E-state index is 12.5. The number of rotatable bonds is 2. The molecule has 1 saturated heterocycles. The highest BCUT2D eigenvalue weighted by molar-refractivity contribution is 7.13. The summed E-state index contributed by atoms with van der Waals surface area (Å²) in [6.45, 7) is 4.72. The minimum atomic E-state index is -0.105. The van der Waals surface area contributed by atoms with E-state index in [0.717, 1.165) is 23.8 Å². The number of phenolic OH excluding ortho intramolecular Hbond substituents is 1. The maximum Gasteiger partial charge on any atom is 0.257 e. The molecular formula is C15H17N3O2S. The number of carbonyl (C=O) groups is 1. The van der Waals surface area contributed by atoms with Gasteiger partial charge in [-0.25, -0.2) is 4.98 Å². The molecule has 0 bridgehead atoms. The quantitative estimate of drug-likeness (QED) is 0.923. The molecule has 0 radical (unpaired) electrons. The van der Waals surface area contributed by atoms with Gasteiger partial charge in [-0.05, 0) is 24.6 Å². The number of phenols is 1. The van der Waals surface area contributed by atoms with Gasteiger partial charge in [0, 0.05) is 37.8 Å². The third-order valence-corrected chi connectivity index (χ3v) is 4.47. The van der Waals surface area contributed by atoms with Gasteiger partial charge in [-0.3, -0.25) is 4.79 Å². The van der Waals surface area contributed by atoms with Gasteiger partial charge in [0.25, 0.3) is 5.91 Å². The van der Waals surface area contributed by atoms with Crippen LogP contribution in [0.15, 0.2) is 29.8 Å². The average molecular weight is 303 g/mol. The van der Waals surface area contributed by atoms with Crippen LogP contribution >= 0.6 is 11.3 Å². The van der Waals surface area contributed by atoms with E-state index in [-0.39, 0.29) is 11.7 Å². The van der Waals surface area contributed by atoms with E-state index in [4.69, 9.17) is 0 Å². The standard InChI is InChI=1S/C15H17N3O2S/c1-11-2-3-12(13(19)10-11)14(20)17-5-7-18(8-6-17)15-16-4-9-21-15/h2-4,9-10,19H,5-8H2,1H3. The number of carbonyl (C=O) groups excluding carboxylic acids is 1. The Kier molecular flexibility index (Phi) is 3.79. The molecule has 110 valence electrons. The Morgan fingerprint density at radius 3 is 2.67 bits per heavy atom. The van der Waals surface area contributed by atoms with E-state index in [2.05, 4.69) is 9.88 Å². The second-order valence-electron chi connectivity index (χ2n) is 5.11. The van der Waals surface area contributed by atoms with Crippen molar-refractivity contribution in [1.29, 1.82) is 0 Å². The zero-order chi connectivity index (χ0) is 14.8. The molecule has 1 fully saturated rings. The lowest BCUT2D eigenvalue weighted by molar-refractivity contribution is 0.0743. The summed E-state index contributed by atoms with van der Waals surface area (Å²) in [5, 5.41) is 12.9. The second kappa shape index (κ2) is 5.73. The Bertz CT molecular complexity index is 634. The van der Waals surface area contributed by atoms with Crippen molar-refractivity contribution in [1.82, 2.24) is 9.88 Å². The van der Waals surface area contributed by atoms with Gasteiger partial charge in [-0.15, -0.1) is 11.3 Å². The van der Waals surface area contributed by atoms with Gasteiger partial charge in [0.05, 0.1) is 5.56 Å². The second-order valence-corrected chi connectivity index (χ2v) is 5.99. The van der Waals surface area contributed by atoms with Crippen LogP contribution < -0.4 is 4.90 Å². The van der Waals surface area contributed by atoms with Gasteiger partial charge in [-0.1, -0.05) is 6.07 Å². The Morgan fingerprint density at radius 2 is 2.05 bits per heavy atom. The Balaban J connectivity index is 1.67. The minimum Gasteiger partial charge on any atom is -0.507 e. The van der Waals surface area contributed by atoms with Crippen molar-refractivity contribution in [2.75, 3.05) is 31.1 Å². The molecule has 0 unspecified atom stereocenters. The van der Waals surface area contributed by atoms with Crippen LogP contribution in [0.1, 0.15) is 15.9 Å². The first-order valence-electron chi connectivity index (χ1n) is 6.88. The smallest absolute Gasteiger partial charge is 0.257 e. The number of benzene rings is 1. The van der Waals surface area contributed by atoms with Crippen molar-refractivity contribution >= 4 is 22.4 Å². The zero-order valence-corrected chi connectivity index (χ0v) is 12.6. The van der Waals surface area contributed by atoms with Crippen molar-refractivity contribution in [2.45, 2.75) is 6.92 Å². The van der Waals surface area contributed by atoms with Gasteiger partial charge in [0.15, 0.2) is 5.13 Å². The average Bonchev–Trinajstić information content (AvgIpc) is 3.01. The fourth-order valence-corrected chi connectivity index (χ4v) is 3.16. The lowest BCUT2D eigenvalue weighted by Gasteiger charge is -2.34. The highest BCUT2D eigenvalue weighted by atomic mass is 32.1. The summed E-state index contributed by atoms with van der Waals surface area (Å²) in [6.07, 6.45) is 1.79. The Hall–Kier alpha value is -2.08. The number of aryl methyl sites for hydroxylation is 1. The zero-order valence-electron chi connectivity index (χ0n) is 11.8. The molecule has 1 aliphatic heterocycles. The molecule has 0 aliphatic carbocycles. The van der Waals surface area contributed by atoms with Crippen LogP contribution in [0.25, 0.3) is 0 Å². The summed E-state index contributed by atoms with van der Waals surface area (Å²) in [4.78, 5) is 20.7. The van der Waals surface area contributed by atoms with Gasteiger partial charge >= 0.3 is 0 Å². The number of thiazole rings is 1. The first-order chi connectivity index (χ1) is 10.1. The predicted molar refractivity (Wildman–Crippen MR) is 83.1 cm³/mol. The summed E-state index contributed by atoms with van der Waals surface area (Å²) in [7, 11) is 0. The molecule has 1 aromatic carbocycles. The monoisotopic (exact) mass is 303 g/mol. The van der Waals surface area contributed by atoms with E-state index in [9.17, 15) is 9.90 Å². The topological polar surface area (TPSA) is 56.7 Å². The first-order valence-corrected chi connectivity index (χ1v) is 7.76. The van der Waals surface area contributed by atoms with Gasteiger partial charge in [0.2, 0.25) is 0 Å². The number of amides is 1. The summed E-state index contributed by atoms with van der Waals surface area (Å²) >= 11 is 1.61. The van der Waals surface area contributed by atoms with Crippen molar-refractivity contribution < 1.29 is 9.90 Å². The molecule has 2 heterocycles. The van der Waals surface area contributed by atoms with E-state index in [1.165, 1.54) is 0 Å². The van der Waals surface area contributed by atoms with Crippen LogP contribution in [0, 0.1) is 6.92 Å². The van der Waals surface area contributed by atoms with Crippen molar-refractivity contribution in [2.24, 2.45) is 0 Å². The van der Waals surface area contributed by atoms with E-state index in [1.807, 2.05) is 18.4 Å². The molecule has 21 heavy (non-hydrogen) atoms. The number of piperazine rings is 1. The summed E-state index contributed by atoms with van der Waals surface area (Å²) < 4.78 is 0. The Morgan fingerprint density at radius 1 is 1.29 bits per heavy atom. The predicted octanol–water partition coefficient (Wildman–Crippen LogP) is 2.12. The van der Waals surface area contributed by atoms with E-state index in [1.54, 1.807) is 34.6 Å². The number of anilines is 1. The molecular weight excluding hydrogens is 286 g/mol. The first kappa shape index (κ1) is 13.9. The lowest BCUT2D eigenvalue weighted by atomic mass is 10.1. The molecule has 0 saturated carbocycles. The third-order valence-electron chi connectivity index (χ3n) is 3.64. The molecule has 6 heteroatoms. The molecule has 1 N–H and O–H groups in total. The van der Waals surface area contributed by atoms with Crippen LogP contribution in [0.5, 0.6) is 5.75 Å². The van der Waals surface area contributed by atoms with Gasteiger partial charge in [0.1, 0.15) is 5.75 Å². The fourth-order valence-electron chi connectivity index (χ4n) is 2.47. The largest absolute Gasteiger partial charge is 0.507 e. The van der Waals surface area contributed by atoms with Crippen molar-refractivity contribution in [3.63, 3.8) is 0 Å². The number of hydrogen-bond donors (Lipinski definition) is 1. The highest BCUT2D eigenvalue weighted by Crippen LogP contribution is 2.23. The molecule has 1 aromatic heterocycles. The van der Waals surface area contributed by atoms with E-state index >= 15 is 0 Å². The molecule has 1 amide bonds.